The van der Waals surface area contributed by atoms with Crippen molar-refractivity contribution < 1.29 is 4.42 Å². The van der Waals surface area contributed by atoms with Gasteiger partial charge in [0, 0.05) is 10.6 Å². The van der Waals surface area contributed by atoms with Crippen molar-refractivity contribution in [2.24, 2.45) is 5.10 Å². The van der Waals surface area contributed by atoms with Crippen LogP contribution in [0.4, 0.5) is 6.01 Å². The molecule has 1 aromatic heterocycles. The summed E-state index contributed by atoms with van der Waals surface area (Å²) in [5.41, 5.74) is 4.95. The number of hydrogen-bond donors (Lipinski definition) is 1. The lowest BCUT2D eigenvalue weighted by Gasteiger charge is -1.98. The molecule has 100 valence electrons. The monoisotopic (exact) mass is 305 g/mol. The molecule has 0 unspecified atom stereocenters. The van der Waals surface area contributed by atoms with Crippen molar-refractivity contribution in [2.75, 3.05) is 5.43 Å². The second kappa shape index (κ2) is 5.53. The average molecular weight is 306 g/mol. The SMILES string of the molecule is Clc1ccc(/C=N/Nc2nc3ccccc3o2)c(Cl)c1. The number of rotatable bonds is 3. The number of aromatic nitrogens is 1. The first-order chi connectivity index (χ1) is 9.72. The van der Waals surface area contributed by atoms with E-state index < -0.39 is 0 Å². The van der Waals surface area contributed by atoms with Gasteiger partial charge >= 0.3 is 6.01 Å². The highest BCUT2D eigenvalue weighted by Crippen LogP contribution is 2.20. The third kappa shape index (κ3) is 2.76. The number of fused-ring (bicyclic) bond motifs is 1. The summed E-state index contributed by atoms with van der Waals surface area (Å²) < 4.78 is 5.47. The predicted octanol–water partition coefficient (Wildman–Crippen LogP) is 4.58. The zero-order chi connectivity index (χ0) is 13.9. The van der Waals surface area contributed by atoms with Gasteiger partial charge in [0.05, 0.1) is 11.2 Å². The molecule has 0 aliphatic rings. The minimum absolute atomic E-state index is 0.326. The quantitative estimate of drug-likeness (QED) is 0.569. The number of nitrogens with zero attached hydrogens (tertiary/aromatic N) is 2. The molecule has 1 heterocycles. The largest absolute Gasteiger partial charge is 0.422 e. The van der Waals surface area contributed by atoms with Crippen LogP contribution in [0, 0.1) is 0 Å². The standard InChI is InChI=1S/C14H9Cl2N3O/c15-10-6-5-9(11(16)7-10)8-17-19-14-18-12-3-1-2-4-13(12)20-14/h1-8H,(H,18,19)/b17-8+. The molecule has 0 aliphatic heterocycles. The van der Waals surface area contributed by atoms with E-state index in [1.54, 1.807) is 24.4 Å². The zero-order valence-electron chi connectivity index (χ0n) is 10.2. The van der Waals surface area contributed by atoms with Gasteiger partial charge in [-0.05, 0) is 24.3 Å². The molecule has 0 spiro atoms. The highest BCUT2D eigenvalue weighted by Gasteiger charge is 2.03. The van der Waals surface area contributed by atoms with E-state index >= 15 is 0 Å². The number of para-hydroxylation sites is 2. The molecule has 0 amide bonds. The second-order valence-electron chi connectivity index (χ2n) is 4.02. The number of hydrazone groups is 1. The van der Waals surface area contributed by atoms with Crippen LogP contribution in [0.3, 0.4) is 0 Å². The minimum atomic E-state index is 0.326. The summed E-state index contributed by atoms with van der Waals surface area (Å²) in [4.78, 5) is 4.23. The molecular formula is C14H9Cl2N3O. The van der Waals surface area contributed by atoms with Crippen LogP contribution in [-0.4, -0.2) is 11.2 Å². The van der Waals surface area contributed by atoms with E-state index in [1.807, 2.05) is 24.3 Å². The molecule has 4 nitrogen and oxygen atoms in total. The van der Waals surface area contributed by atoms with Gasteiger partial charge in [0.1, 0.15) is 5.52 Å². The first-order valence-corrected chi connectivity index (χ1v) is 6.58. The van der Waals surface area contributed by atoms with Crippen LogP contribution in [0.2, 0.25) is 10.0 Å². The number of halogens is 2. The van der Waals surface area contributed by atoms with Gasteiger partial charge in [-0.25, -0.2) is 5.43 Å². The topological polar surface area (TPSA) is 50.4 Å². The van der Waals surface area contributed by atoms with Crippen LogP contribution in [0.1, 0.15) is 5.56 Å². The van der Waals surface area contributed by atoms with E-state index in [0.717, 1.165) is 11.1 Å². The van der Waals surface area contributed by atoms with E-state index in [0.29, 0.717) is 21.6 Å². The Morgan fingerprint density at radius 3 is 2.80 bits per heavy atom. The van der Waals surface area contributed by atoms with Crippen molar-refractivity contribution in [3.63, 3.8) is 0 Å². The van der Waals surface area contributed by atoms with Gasteiger partial charge < -0.3 is 4.42 Å². The number of nitrogens with one attached hydrogen (secondary N) is 1. The molecule has 6 heteroatoms. The van der Waals surface area contributed by atoms with E-state index in [9.17, 15) is 0 Å². The Morgan fingerprint density at radius 1 is 1.15 bits per heavy atom. The molecule has 1 N–H and O–H groups in total. The van der Waals surface area contributed by atoms with Crippen LogP contribution < -0.4 is 5.43 Å². The summed E-state index contributed by atoms with van der Waals surface area (Å²) in [5, 5.41) is 5.15. The predicted molar refractivity (Wildman–Crippen MR) is 81.7 cm³/mol. The molecule has 0 atom stereocenters. The molecule has 0 fully saturated rings. The van der Waals surface area contributed by atoms with Gasteiger partial charge in [0.15, 0.2) is 5.58 Å². The maximum Gasteiger partial charge on any atom is 0.316 e. The Labute approximate surface area is 125 Å². The number of hydrogen-bond acceptors (Lipinski definition) is 4. The lowest BCUT2D eigenvalue weighted by molar-refractivity contribution is 0.617. The average Bonchev–Trinajstić information content (AvgIpc) is 2.84. The fraction of sp³-hybridized carbons (Fsp3) is 0. The number of oxazole rings is 1. The fourth-order valence-corrected chi connectivity index (χ4v) is 2.14. The van der Waals surface area contributed by atoms with Crippen LogP contribution >= 0.6 is 23.2 Å². The smallest absolute Gasteiger partial charge is 0.316 e. The molecule has 0 aliphatic carbocycles. The normalized spacial score (nSPS) is 11.3. The first-order valence-electron chi connectivity index (χ1n) is 5.82. The molecule has 3 aromatic rings. The van der Waals surface area contributed by atoms with Crippen molar-refractivity contribution in [1.82, 2.24) is 4.98 Å². The van der Waals surface area contributed by atoms with Crippen LogP contribution in [0.25, 0.3) is 11.1 Å². The van der Waals surface area contributed by atoms with Crippen molar-refractivity contribution in [3.05, 3.63) is 58.1 Å². The Hall–Kier alpha value is -2.04. The fourth-order valence-electron chi connectivity index (χ4n) is 1.68. The molecule has 3 rings (SSSR count). The second-order valence-corrected chi connectivity index (χ2v) is 4.87. The molecule has 2 aromatic carbocycles. The van der Waals surface area contributed by atoms with Gasteiger partial charge in [-0.15, -0.1) is 0 Å². The molecule has 0 bridgehead atoms. The van der Waals surface area contributed by atoms with Crippen molar-refractivity contribution >= 4 is 46.5 Å². The highest BCUT2D eigenvalue weighted by atomic mass is 35.5. The van der Waals surface area contributed by atoms with Crippen LogP contribution in [-0.2, 0) is 0 Å². The number of anilines is 1. The lowest BCUT2D eigenvalue weighted by Crippen LogP contribution is -1.91. The molecule has 20 heavy (non-hydrogen) atoms. The summed E-state index contributed by atoms with van der Waals surface area (Å²) in [7, 11) is 0. The Kier molecular flexibility index (Phi) is 3.58. The van der Waals surface area contributed by atoms with E-state index in [4.69, 9.17) is 27.6 Å². The van der Waals surface area contributed by atoms with Crippen molar-refractivity contribution in [3.8, 4) is 0 Å². The molecule has 0 radical (unpaired) electrons. The van der Waals surface area contributed by atoms with E-state index in [1.165, 1.54) is 0 Å². The molecular weight excluding hydrogens is 297 g/mol. The van der Waals surface area contributed by atoms with Crippen LogP contribution in [0.5, 0.6) is 0 Å². The Bertz CT molecular complexity index is 750. The maximum atomic E-state index is 6.03. The van der Waals surface area contributed by atoms with Crippen LogP contribution in [0.15, 0.2) is 52.0 Å². The van der Waals surface area contributed by atoms with Crippen molar-refractivity contribution in [1.29, 1.82) is 0 Å². The minimum Gasteiger partial charge on any atom is -0.422 e. The van der Waals surface area contributed by atoms with Gasteiger partial charge in [-0.1, -0.05) is 41.4 Å². The molecule has 0 saturated heterocycles. The highest BCUT2D eigenvalue weighted by molar-refractivity contribution is 6.36. The summed E-state index contributed by atoms with van der Waals surface area (Å²) in [6.07, 6.45) is 1.58. The van der Waals surface area contributed by atoms with E-state index in [2.05, 4.69) is 15.5 Å². The Balaban J connectivity index is 1.76. The third-order valence-corrected chi connectivity index (χ3v) is 3.18. The summed E-state index contributed by atoms with van der Waals surface area (Å²) in [6.45, 7) is 0. The third-order valence-electron chi connectivity index (χ3n) is 2.62. The zero-order valence-corrected chi connectivity index (χ0v) is 11.7. The summed E-state index contributed by atoms with van der Waals surface area (Å²) >= 11 is 11.9. The van der Waals surface area contributed by atoms with Gasteiger partial charge in [0.2, 0.25) is 0 Å². The molecule has 0 saturated carbocycles. The first kappa shape index (κ1) is 13.0. The van der Waals surface area contributed by atoms with Gasteiger partial charge in [-0.2, -0.15) is 10.1 Å². The maximum absolute atomic E-state index is 6.03. The van der Waals surface area contributed by atoms with E-state index in [-0.39, 0.29) is 0 Å². The summed E-state index contributed by atoms with van der Waals surface area (Å²) in [6, 6.07) is 13.0. The Morgan fingerprint density at radius 2 is 2.00 bits per heavy atom. The summed E-state index contributed by atoms with van der Waals surface area (Å²) in [5.74, 6) is 0. The lowest BCUT2D eigenvalue weighted by atomic mass is 10.2. The van der Waals surface area contributed by atoms with Crippen molar-refractivity contribution in [2.45, 2.75) is 0 Å². The number of benzene rings is 2. The van der Waals surface area contributed by atoms with Gasteiger partial charge in [0.25, 0.3) is 0 Å². The van der Waals surface area contributed by atoms with Gasteiger partial charge in [-0.3, -0.25) is 0 Å².